The fraction of sp³-hybridized carbons (Fsp3) is 0.200. The van der Waals surface area contributed by atoms with Crippen LogP contribution in [0.2, 0.25) is 0 Å². The molecule has 0 radical (unpaired) electrons. The molecule has 46 heavy (non-hydrogen) atoms. The van der Waals surface area contributed by atoms with Crippen molar-refractivity contribution in [1.29, 1.82) is 0 Å². The Morgan fingerprint density at radius 2 is 1.20 bits per heavy atom. The van der Waals surface area contributed by atoms with Crippen molar-refractivity contribution in [2.24, 2.45) is 0 Å². The molecule has 1 fully saturated rings. The van der Waals surface area contributed by atoms with E-state index in [0.717, 1.165) is 12.8 Å². The molecule has 0 aliphatic heterocycles. The van der Waals surface area contributed by atoms with E-state index in [2.05, 4.69) is 121 Å². The van der Waals surface area contributed by atoms with Crippen molar-refractivity contribution in [3.63, 3.8) is 0 Å². The van der Waals surface area contributed by atoms with Crippen LogP contribution in [0.3, 0.4) is 0 Å². The van der Waals surface area contributed by atoms with E-state index in [4.69, 9.17) is 6.57 Å². The molecule has 3 aromatic heterocycles. The quantitative estimate of drug-likeness (QED) is 0.114. The topological polar surface area (TPSA) is 58.0 Å². The molecule has 0 spiro atoms. The second-order valence-electron chi connectivity index (χ2n) is 10.2. The molecule has 6 aromatic rings. The van der Waals surface area contributed by atoms with Crippen LogP contribution in [0.5, 0.6) is 0 Å². The molecule has 0 amide bonds. The summed E-state index contributed by atoms with van der Waals surface area (Å²) in [6.07, 6.45) is 16.9. The fourth-order valence-corrected chi connectivity index (χ4v) is 7.72. The molecular formula is C35H37Cl2N7PRu+3. The normalized spacial score (nSPS) is 12.2. The van der Waals surface area contributed by atoms with Crippen molar-refractivity contribution in [2.45, 2.75) is 44.4 Å². The summed E-state index contributed by atoms with van der Waals surface area (Å²) in [5.74, 6) is 0. The third-order valence-corrected chi connectivity index (χ3v) is 9.96. The molecule has 0 saturated heterocycles. The van der Waals surface area contributed by atoms with Gasteiger partial charge in [-0.05, 0) is 67.4 Å². The Morgan fingerprint density at radius 3 is 1.52 bits per heavy atom. The van der Waals surface area contributed by atoms with Gasteiger partial charge in [0.25, 0.3) is 0 Å². The van der Waals surface area contributed by atoms with Crippen molar-refractivity contribution in [2.75, 3.05) is 0 Å². The fourth-order valence-electron chi connectivity index (χ4n) is 5.14. The molecule has 0 bridgehead atoms. The largest absolute Gasteiger partial charge is 0.414 e. The minimum atomic E-state index is -0.877. The van der Waals surface area contributed by atoms with Gasteiger partial charge in [0.05, 0.1) is 7.92 Å². The van der Waals surface area contributed by atoms with Crippen LogP contribution in [0.15, 0.2) is 146 Å². The van der Waals surface area contributed by atoms with Gasteiger partial charge in [-0.25, -0.2) is 11.3 Å². The summed E-state index contributed by atoms with van der Waals surface area (Å²) < 4.78 is 5.38. The Morgan fingerprint density at radius 1 is 0.739 bits per heavy atom. The van der Waals surface area contributed by atoms with Crippen LogP contribution in [0, 0.1) is 6.57 Å². The Balaban J connectivity index is 0.000000193. The van der Waals surface area contributed by atoms with Gasteiger partial charge in [-0.15, -0.1) is 6.20 Å². The average molecular weight is 759 g/mol. The molecule has 7 nitrogen and oxygen atoms in total. The first-order valence-corrected chi connectivity index (χ1v) is 18.6. The van der Waals surface area contributed by atoms with Gasteiger partial charge in [-0.2, -0.15) is 19.6 Å². The third-order valence-electron chi connectivity index (χ3n) is 7.23. The van der Waals surface area contributed by atoms with Gasteiger partial charge in [-0.1, -0.05) is 61.0 Å². The summed E-state index contributed by atoms with van der Waals surface area (Å²) in [5, 5.41) is 17.0. The van der Waals surface area contributed by atoms with Crippen LogP contribution in [0.1, 0.15) is 38.4 Å². The summed E-state index contributed by atoms with van der Waals surface area (Å²) in [5.41, 5.74) is 0. The predicted octanol–water partition coefficient (Wildman–Crippen LogP) is 2.98. The SMILES string of the molecule is [C-]#[N+]C1CCCCC1.[Cl-].[Cl][Ru+3].c1ccc([PH+](c2ccccc2)c2ccccc2)cc1.c1cnn(C(n2cccn2)[n+]2ccc[n-]2)c1. The Labute approximate surface area is 293 Å². The molecular weight excluding hydrogens is 721 g/mol. The van der Waals surface area contributed by atoms with Crippen LogP contribution >= 0.6 is 17.6 Å². The number of hydrogen-bond acceptors (Lipinski definition) is 2. The van der Waals surface area contributed by atoms with Gasteiger partial charge in [0, 0.05) is 37.6 Å². The number of rotatable bonds is 6. The minimum Gasteiger partial charge on any atom is -0.414 e. The van der Waals surface area contributed by atoms with Crippen LogP contribution in [0.4, 0.5) is 0 Å². The summed E-state index contributed by atoms with van der Waals surface area (Å²) in [6, 6.07) is 38.5. The molecule has 236 valence electrons. The Bertz CT molecular complexity index is 1430. The molecule has 1 aliphatic rings. The maximum atomic E-state index is 6.72. The predicted molar refractivity (Wildman–Crippen MR) is 180 cm³/mol. The molecule has 0 atom stereocenters. The molecule has 0 N–H and O–H groups in total. The Kier molecular flexibility index (Phi) is 17.0. The molecule has 1 aliphatic carbocycles. The maximum Gasteiger partial charge on any atom is 0.344 e. The van der Waals surface area contributed by atoms with E-state index in [9.17, 15) is 0 Å². The Hall–Kier alpha value is -3.59. The van der Waals surface area contributed by atoms with E-state index in [-0.39, 0.29) is 18.7 Å². The zero-order chi connectivity index (χ0) is 31.5. The van der Waals surface area contributed by atoms with Crippen LogP contribution < -0.4 is 38.1 Å². The summed E-state index contributed by atoms with van der Waals surface area (Å²) >= 11 is 1.82. The van der Waals surface area contributed by atoms with E-state index in [1.54, 1.807) is 32.6 Å². The van der Waals surface area contributed by atoms with Crippen LogP contribution in [-0.2, 0) is 17.3 Å². The monoisotopic (exact) mass is 758 g/mol. The first-order valence-electron chi connectivity index (χ1n) is 14.8. The van der Waals surface area contributed by atoms with E-state index >= 15 is 0 Å². The first kappa shape index (κ1) is 36.9. The zero-order valence-corrected chi connectivity index (χ0v) is 29.5. The van der Waals surface area contributed by atoms with Crippen LogP contribution in [0.25, 0.3) is 4.85 Å². The molecule has 1 saturated carbocycles. The standard InChI is InChI=1S/C18H15P.C10H10N6.C7H11N.2ClH.Ru/c1-4-10-16(11-5-1)19(17-12-6-2-7-13-17)18-14-8-3-9-15-18;1-4-11-14(7-1)10(15-8-2-5-12-15)16-9-3-6-13-16;1-8-7-5-3-2-4-6-7;;;/h1-15H;1-10H;7H,2-6H2;2*1H;/q;;;;;+4/p-1. The smallest absolute Gasteiger partial charge is 0.344 e. The first-order chi connectivity index (χ1) is 22.3. The van der Waals surface area contributed by atoms with Crippen molar-refractivity contribution in [3.05, 3.63) is 158 Å². The molecule has 7 rings (SSSR count). The van der Waals surface area contributed by atoms with Gasteiger partial charge in [0.15, 0.2) is 6.20 Å². The maximum absolute atomic E-state index is 6.72. The third kappa shape index (κ3) is 11.0. The minimum absolute atomic E-state index is 0. The van der Waals surface area contributed by atoms with Crippen molar-refractivity contribution in [1.82, 2.24) is 24.7 Å². The van der Waals surface area contributed by atoms with E-state index in [1.165, 1.54) is 35.2 Å². The van der Waals surface area contributed by atoms with E-state index < -0.39 is 7.92 Å². The van der Waals surface area contributed by atoms with E-state index in [1.807, 2.05) is 54.1 Å². The van der Waals surface area contributed by atoms with Crippen LogP contribution in [-0.4, -0.2) is 25.6 Å². The summed E-state index contributed by atoms with van der Waals surface area (Å²) in [4.78, 5) is 3.50. The number of aromatic nitrogens is 6. The summed E-state index contributed by atoms with van der Waals surface area (Å²) in [6.45, 7) is 6.72. The van der Waals surface area contributed by atoms with Crippen molar-refractivity contribution >= 4 is 33.5 Å². The number of halogens is 2. The zero-order valence-electron chi connectivity index (χ0n) is 25.3. The molecule has 11 heteroatoms. The number of benzene rings is 3. The number of nitrogens with zero attached hydrogens (tertiary/aromatic N) is 7. The van der Waals surface area contributed by atoms with Gasteiger partial charge < -0.3 is 22.4 Å². The average Bonchev–Trinajstić information content (AvgIpc) is 3.95. The van der Waals surface area contributed by atoms with Crippen molar-refractivity contribution < 1.29 is 34.4 Å². The molecule has 3 aromatic carbocycles. The second kappa shape index (κ2) is 21.3. The molecule has 0 unspecified atom stereocenters. The summed E-state index contributed by atoms with van der Waals surface area (Å²) in [7, 11) is 3.69. The van der Waals surface area contributed by atoms with E-state index in [0.29, 0.717) is 6.04 Å². The van der Waals surface area contributed by atoms with Gasteiger partial charge >= 0.3 is 33.3 Å². The van der Waals surface area contributed by atoms with Gasteiger partial charge in [0.2, 0.25) is 6.04 Å². The molecule has 3 heterocycles. The van der Waals surface area contributed by atoms with Crippen molar-refractivity contribution in [3.8, 4) is 0 Å². The number of hydrogen-bond donors (Lipinski definition) is 0. The van der Waals surface area contributed by atoms with Gasteiger partial charge in [0.1, 0.15) is 15.9 Å². The second-order valence-corrected chi connectivity index (χ2v) is 12.7. The van der Waals surface area contributed by atoms with Gasteiger partial charge in [-0.3, -0.25) is 0 Å².